The zero-order valence-electron chi connectivity index (χ0n) is 7.99. The minimum atomic E-state index is -0.930. The van der Waals surface area contributed by atoms with Crippen molar-refractivity contribution in [2.75, 3.05) is 0 Å². The molecule has 0 heterocycles. The number of aryl methyl sites for hydroxylation is 2. The van der Waals surface area contributed by atoms with Gasteiger partial charge in [-0.1, -0.05) is 11.6 Å². The van der Waals surface area contributed by atoms with E-state index in [0.29, 0.717) is 12.8 Å². The number of carbonyl (C=O) groups excluding carboxylic acids is 1. The fraction of sp³-hybridized carbons (Fsp3) is 0.273. The Labute approximate surface area is 82.4 Å². The first kappa shape index (κ1) is 10.4. The molecular weight excluding hydrogens is 180 g/mol. The summed E-state index contributed by atoms with van der Waals surface area (Å²) in [6.07, 6.45) is 1.87. The molecule has 0 radical (unpaired) electrons. The highest BCUT2D eigenvalue weighted by Crippen LogP contribution is 2.11. The van der Waals surface area contributed by atoms with E-state index in [0.717, 1.165) is 17.4 Å². The van der Waals surface area contributed by atoms with Gasteiger partial charge in [-0.2, -0.15) is 0 Å². The molecule has 0 bridgehead atoms. The lowest BCUT2D eigenvalue weighted by Gasteiger charge is -2.02. The average molecular weight is 192 g/mol. The minimum Gasteiger partial charge on any atom is -0.478 e. The van der Waals surface area contributed by atoms with Gasteiger partial charge in [0.1, 0.15) is 6.29 Å². The summed E-state index contributed by atoms with van der Waals surface area (Å²) in [5.74, 6) is -0.930. The second-order valence-electron chi connectivity index (χ2n) is 3.22. The number of aldehydes is 1. The van der Waals surface area contributed by atoms with Crippen molar-refractivity contribution < 1.29 is 14.7 Å². The second kappa shape index (κ2) is 4.56. The fourth-order valence-electron chi connectivity index (χ4n) is 1.36. The molecular formula is C11H12O3. The van der Waals surface area contributed by atoms with Gasteiger partial charge in [-0.3, -0.25) is 0 Å². The SMILES string of the molecule is Cc1cc(CCC=O)cc(C(=O)O)c1. The predicted octanol–water partition coefficient (Wildman–Crippen LogP) is 1.82. The van der Waals surface area contributed by atoms with Crippen LogP contribution in [-0.2, 0) is 11.2 Å². The molecule has 1 N–H and O–H groups in total. The molecule has 0 aliphatic carbocycles. The van der Waals surface area contributed by atoms with Gasteiger partial charge >= 0.3 is 5.97 Å². The van der Waals surface area contributed by atoms with Gasteiger partial charge in [0.25, 0.3) is 0 Å². The van der Waals surface area contributed by atoms with Crippen molar-refractivity contribution in [2.45, 2.75) is 19.8 Å². The van der Waals surface area contributed by atoms with Crippen LogP contribution in [0.1, 0.15) is 27.9 Å². The van der Waals surface area contributed by atoms with E-state index >= 15 is 0 Å². The van der Waals surface area contributed by atoms with Gasteiger partial charge < -0.3 is 9.90 Å². The van der Waals surface area contributed by atoms with Gasteiger partial charge in [0.15, 0.2) is 0 Å². The molecule has 14 heavy (non-hydrogen) atoms. The fourth-order valence-corrected chi connectivity index (χ4v) is 1.36. The van der Waals surface area contributed by atoms with Crippen LogP contribution in [0, 0.1) is 6.92 Å². The molecule has 1 rings (SSSR count). The smallest absolute Gasteiger partial charge is 0.335 e. The Morgan fingerprint density at radius 2 is 2.14 bits per heavy atom. The Hall–Kier alpha value is -1.64. The summed E-state index contributed by atoms with van der Waals surface area (Å²) in [5.41, 5.74) is 2.09. The van der Waals surface area contributed by atoms with Crippen molar-refractivity contribution in [1.82, 2.24) is 0 Å². The van der Waals surface area contributed by atoms with Crippen molar-refractivity contribution in [1.29, 1.82) is 0 Å². The Bertz CT molecular complexity index is 356. The molecule has 0 saturated heterocycles. The van der Waals surface area contributed by atoms with Crippen LogP contribution in [0.4, 0.5) is 0 Å². The summed E-state index contributed by atoms with van der Waals surface area (Å²) in [6, 6.07) is 5.13. The molecule has 3 nitrogen and oxygen atoms in total. The molecule has 0 aromatic heterocycles. The molecule has 0 saturated carbocycles. The monoisotopic (exact) mass is 192 g/mol. The van der Waals surface area contributed by atoms with E-state index < -0.39 is 5.97 Å². The van der Waals surface area contributed by atoms with Gasteiger partial charge in [-0.05, 0) is 31.0 Å². The lowest BCUT2D eigenvalue weighted by Crippen LogP contribution is -1.99. The van der Waals surface area contributed by atoms with E-state index in [2.05, 4.69) is 0 Å². The number of hydrogen-bond donors (Lipinski definition) is 1. The topological polar surface area (TPSA) is 54.4 Å². The number of carboxylic acid groups (broad SMARTS) is 1. The molecule has 0 aliphatic rings. The van der Waals surface area contributed by atoms with Gasteiger partial charge in [-0.25, -0.2) is 4.79 Å². The summed E-state index contributed by atoms with van der Waals surface area (Å²) in [5, 5.41) is 8.79. The van der Waals surface area contributed by atoms with Gasteiger partial charge in [0, 0.05) is 6.42 Å². The highest BCUT2D eigenvalue weighted by Gasteiger charge is 2.04. The Morgan fingerprint density at radius 1 is 1.43 bits per heavy atom. The van der Waals surface area contributed by atoms with Crippen molar-refractivity contribution in [3.05, 3.63) is 34.9 Å². The molecule has 0 amide bonds. The minimum absolute atomic E-state index is 0.283. The van der Waals surface area contributed by atoms with Crippen LogP contribution in [-0.4, -0.2) is 17.4 Å². The zero-order valence-corrected chi connectivity index (χ0v) is 7.99. The Kier molecular flexibility index (Phi) is 3.40. The third-order valence-corrected chi connectivity index (χ3v) is 1.93. The first-order valence-corrected chi connectivity index (χ1v) is 4.41. The normalized spacial score (nSPS) is 9.79. The average Bonchev–Trinajstić information content (AvgIpc) is 2.14. The summed E-state index contributed by atoms with van der Waals surface area (Å²) < 4.78 is 0. The molecule has 0 unspecified atom stereocenters. The number of benzene rings is 1. The van der Waals surface area contributed by atoms with E-state index in [4.69, 9.17) is 5.11 Å². The largest absolute Gasteiger partial charge is 0.478 e. The van der Waals surface area contributed by atoms with E-state index in [1.165, 1.54) is 0 Å². The quantitative estimate of drug-likeness (QED) is 0.740. The van der Waals surface area contributed by atoms with E-state index in [1.807, 2.05) is 13.0 Å². The number of carboxylic acids is 1. The maximum absolute atomic E-state index is 10.7. The second-order valence-corrected chi connectivity index (χ2v) is 3.22. The molecule has 0 aliphatic heterocycles. The molecule has 0 spiro atoms. The Balaban J connectivity index is 2.94. The van der Waals surface area contributed by atoms with E-state index in [1.54, 1.807) is 12.1 Å². The van der Waals surface area contributed by atoms with E-state index in [-0.39, 0.29) is 5.56 Å². The summed E-state index contributed by atoms with van der Waals surface area (Å²) in [4.78, 5) is 20.9. The number of carbonyl (C=O) groups is 2. The maximum Gasteiger partial charge on any atom is 0.335 e. The molecule has 1 aromatic carbocycles. The van der Waals surface area contributed by atoms with Crippen molar-refractivity contribution in [3.63, 3.8) is 0 Å². The standard InChI is InChI=1S/C11H12O3/c1-8-5-9(3-2-4-12)7-10(6-8)11(13)14/h4-7H,2-3H2,1H3,(H,13,14). The van der Waals surface area contributed by atoms with Crippen LogP contribution in [0.25, 0.3) is 0 Å². The van der Waals surface area contributed by atoms with Gasteiger partial charge in [-0.15, -0.1) is 0 Å². The van der Waals surface area contributed by atoms with Crippen LogP contribution in [0.15, 0.2) is 18.2 Å². The third kappa shape index (κ3) is 2.69. The first-order valence-electron chi connectivity index (χ1n) is 4.41. The number of aromatic carboxylic acids is 1. The predicted molar refractivity (Wildman–Crippen MR) is 52.5 cm³/mol. The molecule has 1 aromatic rings. The first-order chi connectivity index (χ1) is 6.63. The molecule has 0 fully saturated rings. The number of rotatable bonds is 4. The van der Waals surface area contributed by atoms with Gasteiger partial charge in [0.2, 0.25) is 0 Å². The third-order valence-electron chi connectivity index (χ3n) is 1.93. The summed E-state index contributed by atoms with van der Waals surface area (Å²) in [7, 11) is 0. The van der Waals surface area contributed by atoms with Crippen molar-refractivity contribution >= 4 is 12.3 Å². The highest BCUT2D eigenvalue weighted by molar-refractivity contribution is 5.88. The number of hydrogen-bond acceptors (Lipinski definition) is 2. The Morgan fingerprint density at radius 3 is 2.71 bits per heavy atom. The van der Waals surface area contributed by atoms with Crippen molar-refractivity contribution in [2.24, 2.45) is 0 Å². The van der Waals surface area contributed by atoms with Crippen LogP contribution >= 0.6 is 0 Å². The lowest BCUT2D eigenvalue weighted by molar-refractivity contribution is -0.107. The van der Waals surface area contributed by atoms with Gasteiger partial charge in [0.05, 0.1) is 5.56 Å². The zero-order chi connectivity index (χ0) is 10.6. The molecule has 74 valence electrons. The van der Waals surface area contributed by atoms with Crippen LogP contribution in [0.2, 0.25) is 0 Å². The van der Waals surface area contributed by atoms with Crippen molar-refractivity contribution in [3.8, 4) is 0 Å². The summed E-state index contributed by atoms with van der Waals surface area (Å²) in [6.45, 7) is 1.84. The van der Waals surface area contributed by atoms with E-state index in [9.17, 15) is 9.59 Å². The van der Waals surface area contributed by atoms with Crippen LogP contribution < -0.4 is 0 Å². The highest BCUT2D eigenvalue weighted by atomic mass is 16.4. The van der Waals surface area contributed by atoms with Crippen LogP contribution in [0.3, 0.4) is 0 Å². The molecule has 0 atom stereocenters. The van der Waals surface area contributed by atoms with Crippen LogP contribution in [0.5, 0.6) is 0 Å². The summed E-state index contributed by atoms with van der Waals surface area (Å²) >= 11 is 0. The lowest BCUT2D eigenvalue weighted by atomic mass is 10.0. The molecule has 3 heteroatoms. The maximum atomic E-state index is 10.7.